The second kappa shape index (κ2) is 14.1. The van der Waals surface area contributed by atoms with Crippen LogP contribution in [0.1, 0.15) is 53.0 Å². The molecule has 0 fully saturated rings. The van der Waals surface area contributed by atoms with Crippen LogP contribution >= 0.6 is 0 Å². The molecule has 184 valence electrons. The van der Waals surface area contributed by atoms with Crippen molar-refractivity contribution in [3.8, 4) is 0 Å². The Labute approximate surface area is 196 Å². The number of rotatable bonds is 12. The summed E-state index contributed by atoms with van der Waals surface area (Å²) in [6, 6.07) is 6.53. The molecule has 1 rings (SSSR count). The second-order valence-corrected chi connectivity index (χ2v) is 8.51. The summed E-state index contributed by atoms with van der Waals surface area (Å²) in [5, 5.41) is 7.85. The van der Waals surface area contributed by atoms with Crippen molar-refractivity contribution >= 4 is 23.9 Å². The third-order valence-electron chi connectivity index (χ3n) is 5.24. The van der Waals surface area contributed by atoms with E-state index >= 15 is 0 Å². The molecule has 9 nitrogen and oxygen atoms in total. The Kier molecular flexibility index (Phi) is 12.0. The van der Waals surface area contributed by atoms with E-state index in [-0.39, 0.29) is 18.4 Å². The van der Waals surface area contributed by atoms with Gasteiger partial charge in [0.1, 0.15) is 24.7 Å². The van der Waals surface area contributed by atoms with Crippen molar-refractivity contribution in [2.75, 3.05) is 7.11 Å². The fourth-order valence-corrected chi connectivity index (χ4v) is 3.08. The number of ether oxygens (including phenoxy) is 2. The molecule has 0 aliphatic carbocycles. The van der Waals surface area contributed by atoms with Crippen LogP contribution in [0.3, 0.4) is 0 Å². The van der Waals surface area contributed by atoms with Gasteiger partial charge in [-0.2, -0.15) is 0 Å². The molecule has 3 amide bonds. The van der Waals surface area contributed by atoms with Crippen molar-refractivity contribution in [3.05, 3.63) is 35.9 Å². The van der Waals surface area contributed by atoms with Crippen LogP contribution in [-0.4, -0.2) is 49.1 Å². The van der Waals surface area contributed by atoms with Gasteiger partial charge in [-0.05, 0) is 30.7 Å². The Bertz CT molecular complexity index is 784. The molecule has 4 atom stereocenters. The number of alkyl carbamates (subject to hydrolysis) is 1. The van der Waals surface area contributed by atoms with Gasteiger partial charge in [0.25, 0.3) is 0 Å². The Morgan fingerprint density at radius 1 is 0.909 bits per heavy atom. The molecular formula is C24H37N3O6. The third-order valence-corrected chi connectivity index (χ3v) is 5.24. The van der Waals surface area contributed by atoms with Crippen LogP contribution in [0.2, 0.25) is 0 Å². The first kappa shape index (κ1) is 27.9. The Hall–Kier alpha value is -3.10. The van der Waals surface area contributed by atoms with E-state index in [0.29, 0.717) is 12.8 Å². The molecule has 1 aromatic rings. The minimum absolute atomic E-state index is 0.0731. The molecule has 0 radical (unpaired) electrons. The summed E-state index contributed by atoms with van der Waals surface area (Å²) in [6.45, 7) is 9.16. The molecular weight excluding hydrogens is 426 g/mol. The molecule has 0 aliphatic rings. The summed E-state index contributed by atoms with van der Waals surface area (Å²) in [5.41, 5.74) is 0.819. The lowest BCUT2D eigenvalue weighted by molar-refractivity contribution is -0.146. The van der Waals surface area contributed by atoms with Gasteiger partial charge in [-0.1, -0.05) is 64.4 Å². The number of esters is 1. The summed E-state index contributed by atoms with van der Waals surface area (Å²) >= 11 is 0. The summed E-state index contributed by atoms with van der Waals surface area (Å²) < 4.78 is 9.93. The van der Waals surface area contributed by atoms with Crippen molar-refractivity contribution in [2.45, 2.75) is 72.2 Å². The molecule has 33 heavy (non-hydrogen) atoms. The van der Waals surface area contributed by atoms with E-state index in [1.807, 2.05) is 58.0 Å². The first-order valence-corrected chi connectivity index (χ1v) is 11.2. The third kappa shape index (κ3) is 9.93. The van der Waals surface area contributed by atoms with E-state index in [1.54, 1.807) is 0 Å². The van der Waals surface area contributed by atoms with E-state index < -0.39 is 42.0 Å². The first-order chi connectivity index (χ1) is 15.6. The van der Waals surface area contributed by atoms with E-state index in [4.69, 9.17) is 9.47 Å². The highest BCUT2D eigenvalue weighted by molar-refractivity contribution is 5.93. The molecule has 9 heteroatoms. The lowest BCUT2D eigenvalue weighted by Crippen LogP contribution is -2.57. The zero-order chi connectivity index (χ0) is 25.0. The van der Waals surface area contributed by atoms with Gasteiger partial charge in [-0.15, -0.1) is 0 Å². The van der Waals surface area contributed by atoms with Crippen molar-refractivity contribution in [1.82, 2.24) is 16.0 Å². The number of nitrogens with one attached hydrogen (secondary N) is 3. The van der Waals surface area contributed by atoms with Crippen LogP contribution in [0, 0.1) is 11.8 Å². The summed E-state index contributed by atoms with van der Waals surface area (Å²) in [7, 11) is 1.26. The minimum Gasteiger partial charge on any atom is -0.467 e. The number of amides is 3. The van der Waals surface area contributed by atoms with Crippen LogP contribution in [-0.2, 0) is 30.5 Å². The maximum Gasteiger partial charge on any atom is 0.408 e. The van der Waals surface area contributed by atoms with Crippen LogP contribution in [0.4, 0.5) is 4.79 Å². The highest BCUT2D eigenvalue weighted by Crippen LogP contribution is 2.11. The van der Waals surface area contributed by atoms with Crippen LogP contribution < -0.4 is 16.0 Å². The molecule has 0 saturated carbocycles. The molecule has 3 N–H and O–H groups in total. The lowest BCUT2D eigenvalue weighted by atomic mass is 9.96. The maximum absolute atomic E-state index is 12.9. The molecule has 1 unspecified atom stereocenters. The van der Waals surface area contributed by atoms with Crippen LogP contribution in [0.15, 0.2) is 30.3 Å². The van der Waals surface area contributed by atoms with E-state index in [0.717, 1.165) is 5.56 Å². The van der Waals surface area contributed by atoms with Crippen molar-refractivity contribution in [2.24, 2.45) is 11.8 Å². The van der Waals surface area contributed by atoms with Gasteiger partial charge in [0.2, 0.25) is 11.8 Å². The zero-order valence-corrected chi connectivity index (χ0v) is 20.3. The maximum atomic E-state index is 12.9. The number of methoxy groups -OCH3 is 1. The van der Waals surface area contributed by atoms with E-state index in [1.165, 1.54) is 14.0 Å². The lowest BCUT2D eigenvalue weighted by Gasteiger charge is -2.27. The summed E-state index contributed by atoms with van der Waals surface area (Å²) in [6.07, 6.45) is 0.283. The largest absolute Gasteiger partial charge is 0.467 e. The normalized spacial score (nSPS) is 14.4. The van der Waals surface area contributed by atoms with E-state index in [2.05, 4.69) is 16.0 Å². The predicted molar refractivity (Wildman–Crippen MR) is 124 cm³/mol. The summed E-state index contributed by atoms with van der Waals surface area (Å²) in [4.78, 5) is 49.8. The molecule has 0 heterocycles. The number of benzene rings is 1. The fraction of sp³-hybridized carbons (Fsp3) is 0.583. The smallest absolute Gasteiger partial charge is 0.408 e. The van der Waals surface area contributed by atoms with Gasteiger partial charge >= 0.3 is 12.1 Å². The van der Waals surface area contributed by atoms with Gasteiger partial charge in [0.05, 0.1) is 7.11 Å². The first-order valence-electron chi connectivity index (χ1n) is 11.2. The van der Waals surface area contributed by atoms with Gasteiger partial charge in [-0.3, -0.25) is 9.59 Å². The minimum atomic E-state index is -0.931. The van der Waals surface area contributed by atoms with Gasteiger partial charge < -0.3 is 25.4 Å². The number of carbonyl (C=O) groups excluding carboxylic acids is 4. The van der Waals surface area contributed by atoms with Crippen molar-refractivity contribution in [3.63, 3.8) is 0 Å². The van der Waals surface area contributed by atoms with Gasteiger partial charge in [-0.25, -0.2) is 9.59 Å². The van der Waals surface area contributed by atoms with Gasteiger partial charge in [0, 0.05) is 0 Å². The molecule has 0 aliphatic heterocycles. The average Bonchev–Trinajstić information content (AvgIpc) is 2.79. The SMILES string of the molecule is CCC(C)[C@H](NC(=O)[C@H](C)NC(=O)OCc1ccccc1)C(=O)N[C@@H](CC(C)C)C(=O)OC. The average molecular weight is 464 g/mol. The van der Waals surface area contributed by atoms with Crippen molar-refractivity contribution in [1.29, 1.82) is 0 Å². The number of hydrogen-bond donors (Lipinski definition) is 3. The Morgan fingerprint density at radius 3 is 2.09 bits per heavy atom. The Balaban J connectivity index is 2.73. The topological polar surface area (TPSA) is 123 Å². The second-order valence-electron chi connectivity index (χ2n) is 8.51. The molecule has 0 saturated heterocycles. The summed E-state index contributed by atoms with van der Waals surface area (Å²) in [5.74, 6) is -1.61. The fourth-order valence-electron chi connectivity index (χ4n) is 3.08. The number of carbonyl (C=O) groups is 4. The monoisotopic (exact) mass is 463 g/mol. The molecule has 0 bridgehead atoms. The van der Waals surface area contributed by atoms with Crippen LogP contribution in [0.5, 0.6) is 0 Å². The Morgan fingerprint density at radius 2 is 1.55 bits per heavy atom. The number of hydrogen-bond acceptors (Lipinski definition) is 6. The van der Waals surface area contributed by atoms with Crippen LogP contribution in [0.25, 0.3) is 0 Å². The molecule has 0 aromatic heterocycles. The molecule has 1 aromatic carbocycles. The predicted octanol–water partition coefficient (Wildman–Crippen LogP) is 2.54. The molecule has 0 spiro atoms. The highest BCUT2D eigenvalue weighted by Gasteiger charge is 2.31. The van der Waals surface area contributed by atoms with Gasteiger partial charge in [0.15, 0.2) is 0 Å². The standard InChI is InChI=1S/C24H37N3O6/c1-7-16(4)20(22(29)26-19(13-15(2)3)23(30)32-6)27-21(28)17(5)25-24(31)33-14-18-11-9-8-10-12-18/h8-12,15-17,19-20H,7,13-14H2,1-6H3,(H,25,31)(H,26,29)(H,27,28)/t16?,17-,19-,20-/m0/s1. The highest BCUT2D eigenvalue weighted by atomic mass is 16.5. The zero-order valence-electron chi connectivity index (χ0n) is 20.3. The quantitative estimate of drug-likeness (QED) is 0.410. The van der Waals surface area contributed by atoms with E-state index in [9.17, 15) is 19.2 Å². The van der Waals surface area contributed by atoms with Crippen molar-refractivity contribution < 1.29 is 28.7 Å².